The number of hydrogen-bond donors (Lipinski definition) is 1. The fourth-order valence-corrected chi connectivity index (χ4v) is 1.90. The van der Waals surface area contributed by atoms with Crippen molar-refractivity contribution in [3.8, 4) is 0 Å². The van der Waals surface area contributed by atoms with Crippen molar-refractivity contribution < 1.29 is 0 Å². The normalized spacial score (nSPS) is 10.0. The van der Waals surface area contributed by atoms with Gasteiger partial charge in [-0.25, -0.2) is 20.4 Å². The first-order chi connectivity index (χ1) is 9.38. The molecule has 0 unspecified atom stereocenters. The molecule has 3 rings (SSSR count). The van der Waals surface area contributed by atoms with E-state index < -0.39 is 0 Å². The maximum atomic E-state index is 10.3. The average molecular weight is 277 g/mol. The van der Waals surface area contributed by atoms with E-state index in [0.29, 0.717) is 23.5 Å². The van der Waals surface area contributed by atoms with Gasteiger partial charge in [-0.2, -0.15) is 0 Å². The first-order valence-electron chi connectivity index (χ1n) is 5.66. The third kappa shape index (κ3) is 2.84. The third-order valence-corrected chi connectivity index (χ3v) is 2.75. The van der Waals surface area contributed by atoms with E-state index in [9.17, 15) is 4.91 Å². The van der Waals surface area contributed by atoms with E-state index in [4.69, 9.17) is 0 Å². The second-order valence-corrected chi connectivity index (χ2v) is 3.96. The molecule has 0 aliphatic heterocycles. The molecule has 0 spiro atoms. The SMILES string of the molecule is O=NNc1ncnc2c1ncn2Cc1ccccc1.[Na]. The van der Waals surface area contributed by atoms with Gasteiger partial charge in [-0.05, 0) is 5.56 Å². The Hall–Kier alpha value is -1.83. The standard InChI is InChI=1S/C12H10N6O.Na/c19-17-16-11-10-12(14-7-13-11)18(8-15-10)6-9-4-2-1-3-5-9;/h1-5,7-8H,6H2,(H,13,14,16,19);. The van der Waals surface area contributed by atoms with Crippen molar-refractivity contribution in [3.05, 3.63) is 53.5 Å². The Bertz CT molecular complexity index is 714. The molecule has 0 saturated carbocycles. The fraction of sp³-hybridized carbons (Fsp3) is 0.0833. The van der Waals surface area contributed by atoms with Crippen molar-refractivity contribution in [3.63, 3.8) is 0 Å². The zero-order valence-electron chi connectivity index (χ0n) is 10.9. The second-order valence-electron chi connectivity index (χ2n) is 3.96. The molecule has 0 bridgehead atoms. The molecule has 1 N–H and O–H groups in total. The third-order valence-electron chi connectivity index (χ3n) is 2.75. The Labute approximate surface area is 136 Å². The van der Waals surface area contributed by atoms with Crippen LogP contribution in [0, 0.1) is 4.91 Å². The van der Waals surface area contributed by atoms with Crippen LogP contribution in [0.1, 0.15) is 5.56 Å². The summed E-state index contributed by atoms with van der Waals surface area (Å²) in [4.78, 5) is 22.6. The van der Waals surface area contributed by atoms with Crippen LogP contribution in [0.3, 0.4) is 0 Å². The molecule has 1 aromatic carbocycles. The van der Waals surface area contributed by atoms with Crippen molar-refractivity contribution in [1.29, 1.82) is 0 Å². The van der Waals surface area contributed by atoms with Crippen LogP contribution in [0.25, 0.3) is 11.2 Å². The zero-order valence-corrected chi connectivity index (χ0v) is 12.9. The van der Waals surface area contributed by atoms with Gasteiger partial charge in [0.25, 0.3) is 0 Å². The van der Waals surface area contributed by atoms with Gasteiger partial charge in [0.15, 0.2) is 17.0 Å². The van der Waals surface area contributed by atoms with Crippen molar-refractivity contribution in [1.82, 2.24) is 19.5 Å². The molecule has 7 nitrogen and oxygen atoms in total. The van der Waals surface area contributed by atoms with E-state index in [2.05, 4.69) is 25.7 Å². The summed E-state index contributed by atoms with van der Waals surface area (Å²) >= 11 is 0. The average Bonchev–Trinajstić information content (AvgIpc) is 2.85. The molecule has 0 atom stereocenters. The maximum absolute atomic E-state index is 10.3. The fourth-order valence-electron chi connectivity index (χ4n) is 1.90. The molecular formula is C12H10N6NaO. The van der Waals surface area contributed by atoms with Gasteiger partial charge in [0.05, 0.1) is 18.2 Å². The van der Waals surface area contributed by atoms with Gasteiger partial charge in [0.2, 0.25) is 0 Å². The Morgan fingerprint density at radius 1 is 1.15 bits per heavy atom. The van der Waals surface area contributed by atoms with E-state index in [-0.39, 0.29) is 29.6 Å². The number of imidazole rings is 1. The second kappa shape index (κ2) is 6.56. The van der Waals surface area contributed by atoms with Crippen LogP contribution in [0.5, 0.6) is 0 Å². The van der Waals surface area contributed by atoms with Gasteiger partial charge in [-0.3, -0.25) is 0 Å². The van der Waals surface area contributed by atoms with Gasteiger partial charge in [-0.15, -0.1) is 4.91 Å². The van der Waals surface area contributed by atoms with Gasteiger partial charge in [0, 0.05) is 29.6 Å². The number of aromatic nitrogens is 4. The van der Waals surface area contributed by atoms with Crippen LogP contribution in [-0.2, 0) is 6.54 Å². The number of benzene rings is 1. The van der Waals surface area contributed by atoms with Crippen LogP contribution < -0.4 is 5.43 Å². The first kappa shape index (κ1) is 14.6. The number of fused-ring (bicyclic) bond motifs is 1. The number of rotatable bonds is 4. The van der Waals surface area contributed by atoms with Crippen molar-refractivity contribution in [2.45, 2.75) is 6.54 Å². The Morgan fingerprint density at radius 3 is 2.70 bits per heavy atom. The quantitative estimate of drug-likeness (QED) is 0.444. The van der Waals surface area contributed by atoms with E-state index in [1.54, 1.807) is 6.33 Å². The van der Waals surface area contributed by atoms with Gasteiger partial charge in [0.1, 0.15) is 6.33 Å². The number of nitrogens with one attached hydrogen (secondary N) is 1. The first-order valence-corrected chi connectivity index (χ1v) is 5.66. The summed E-state index contributed by atoms with van der Waals surface area (Å²) in [5.41, 5.74) is 4.60. The Balaban J connectivity index is 0.00000147. The van der Waals surface area contributed by atoms with E-state index in [1.807, 2.05) is 34.9 Å². The van der Waals surface area contributed by atoms with Gasteiger partial charge in [-0.1, -0.05) is 30.3 Å². The smallest absolute Gasteiger partial charge is 0.180 e. The molecule has 3 aromatic rings. The van der Waals surface area contributed by atoms with Crippen LogP contribution in [0.4, 0.5) is 5.82 Å². The van der Waals surface area contributed by atoms with Crippen molar-refractivity contribution >= 4 is 46.5 Å². The number of nitroso groups, excluding NO2 is 1. The molecule has 0 fully saturated rings. The molecule has 20 heavy (non-hydrogen) atoms. The topological polar surface area (TPSA) is 85.1 Å². The number of nitrogens with zero attached hydrogens (tertiary/aromatic N) is 5. The van der Waals surface area contributed by atoms with E-state index >= 15 is 0 Å². The summed E-state index contributed by atoms with van der Waals surface area (Å²) < 4.78 is 1.89. The summed E-state index contributed by atoms with van der Waals surface area (Å²) in [5.74, 6) is 0.312. The van der Waals surface area contributed by atoms with E-state index in [1.165, 1.54) is 6.33 Å². The molecule has 0 aliphatic rings. The minimum atomic E-state index is 0. The van der Waals surface area contributed by atoms with Crippen LogP contribution in [-0.4, -0.2) is 49.1 Å². The van der Waals surface area contributed by atoms with Crippen LogP contribution >= 0.6 is 0 Å². The number of anilines is 1. The Kier molecular flexibility index (Phi) is 4.78. The summed E-state index contributed by atoms with van der Waals surface area (Å²) in [6.45, 7) is 0.655. The summed E-state index contributed by atoms with van der Waals surface area (Å²) in [6, 6.07) is 9.98. The molecule has 0 saturated heterocycles. The predicted molar refractivity (Wildman–Crippen MR) is 76.0 cm³/mol. The predicted octanol–water partition coefficient (Wildman–Crippen LogP) is 1.59. The molecule has 1 radical (unpaired) electrons. The minimum Gasteiger partial charge on any atom is -0.311 e. The van der Waals surface area contributed by atoms with Crippen molar-refractivity contribution in [2.75, 3.05) is 5.43 Å². The van der Waals surface area contributed by atoms with Gasteiger partial charge < -0.3 is 4.57 Å². The summed E-state index contributed by atoms with van der Waals surface area (Å²) in [7, 11) is 0. The van der Waals surface area contributed by atoms with Gasteiger partial charge >= 0.3 is 0 Å². The monoisotopic (exact) mass is 277 g/mol. The van der Waals surface area contributed by atoms with Crippen LogP contribution in [0.15, 0.2) is 48.3 Å². The van der Waals surface area contributed by atoms with Crippen molar-refractivity contribution in [2.24, 2.45) is 5.29 Å². The molecule has 2 heterocycles. The minimum absolute atomic E-state index is 0. The summed E-state index contributed by atoms with van der Waals surface area (Å²) in [5, 5.41) is 2.61. The molecular weight excluding hydrogens is 267 g/mol. The summed E-state index contributed by atoms with van der Waals surface area (Å²) in [6.07, 6.45) is 3.04. The molecule has 95 valence electrons. The molecule has 8 heteroatoms. The maximum Gasteiger partial charge on any atom is 0.180 e. The zero-order chi connectivity index (χ0) is 13.1. The molecule has 0 aliphatic carbocycles. The molecule has 0 amide bonds. The number of hydrogen-bond acceptors (Lipinski definition) is 5. The van der Waals surface area contributed by atoms with E-state index in [0.717, 1.165) is 5.56 Å². The van der Waals surface area contributed by atoms with Crippen LogP contribution in [0.2, 0.25) is 0 Å². The Morgan fingerprint density at radius 2 is 1.95 bits per heavy atom. The largest absolute Gasteiger partial charge is 0.311 e. The molecule has 2 aromatic heterocycles.